The Labute approximate surface area is 165 Å². The number of carbonyl (C=O) groups is 1. The van der Waals surface area contributed by atoms with Crippen molar-refractivity contribution in [2.75, 3.05) is 18.5 Å². The van der Waals surface area contributed by atoms with Gasteiger partial charge >= 0.3 is 0 Å². The predicted octanol–water partition coefficient (Wildman–Crippen LogP) is 5.72. The Balaban J connectivity index is 1.86. The van der Waals surface area contributed by atoms with Crippen molar-refractivity contribution in [3.05, 3.63) is 50.9 Å². The molecule has 0 bridgehead atoms. The van der Waals surface area contributed by atoms with Crippen LogP contribution in [0.3, 0.4) is 0 Å². The summed E-state index contributed by atoms with van der Waals surface area (Å²) in [7, 11) is 0. The third kappa shape index (κ3) is 6.36. The summed E-state index contributed by atoms with van der Waals surface area (Å²) in [5.74, 6) is 1.25. The summed E-state index contributed by atoms with van der Waals surface area (Å²) in [5.41, 5.74) is 1.66. The molecule has 0 aliphatic heterocycles. The molecule has 0 aliphatic rings. The highest BCUT2D eigenvalue weighted by Gasteiger charge is 2.10. The minimum Gasteiger partial charge on any atom is -0.494 e. The van der Waals surface area contributed by atoms with Gasteiger partial charge in [-0.1, -0.05) is 29.3 Å². The zero-order valence-corrected chi connectivity index (χ0v) is 17.4. The van der Waals surface area contributed by atoms with Gasteiger partial charge in [0.25, 0.3) is 5.91 Å². The number of rotatable bonds is 8. The maximum Gasteiger partial charge on any atom is 0.262 e. The molecule has 0 radical (unpaired) electrons. The summed E-state index contributed by atoms with van der Waals surface area (Å²) >= 11 is 6.87. The van der Waals surface area contributed by atoms with Crippen LogP contribution in [-0.2, 0) is 4.79 Å². The Bertz CT molecular complexity index is 694. The van der Waals surface area contributed by atoms with Gasteiger partial charge in [-0.25, -0.2) is 0 Å². The lowest BCUT2D eigenvalue weighted by atomic mass is 10.2. The highest BCUT2D eigenvalue weighted by atomic mass is 79.9. The van der Waals surface area contributed by atoms with Crippen molar-refractivity contribution in [1.82, 2.24) is 0 Å². The van der Waals surface area contributed by atoms with Crippen LogP contribution in [0.15, 0.2) is 45.3 Å². The van der Waals surface area contributed by atoms with Gasteiger partial charge < -0.3 is 14.8 Å². The van der Waals surface area contributed by atoms with E-state index in [1.165, 1.54) is 0 Å². The van der Waals surface area contributed by atoms with E-state index in [0.717, 1.165) is 33.1 Å². The van der Waals surface area contributed by atoms with Gasteiger partial charge in [-0.15, -0.1) is 0 Å². The van der Waals surface area contributed by atoms with E-state index in [2.05, 4.69) is 44.1 Å². The summed E-state index contributed by atoms with van der Waals surface area (Å²) in [6.45, 7) is 4.70. The van der Waals surface area contributed by atoms with E-state index in [1.807, 2.05) is 43.3 Å². The maximum atomic E-state index is 12.1. The third-order valence-corrected chi connectivity index (χ3v) is 4.49. The zero-order valence-electron chi connectivity index (χ0n) is 14.3. The number of unbranched alkanes of at least 4 members (excludes halogenated alkanes) is 1. The standard InChI is InChI=1S/C19H21Br2NO3/c1-3-4-9-24-16-7-5-15(6-8-16)22-18(23)12-25-19-13(2)10-14(20)11-17(19)21/h5-8,10-11H,3-4,9,12H2,1-2H3,(H,22,23). The first-order valence-electron chi connectivity index (χ1n) is 8.10. The van der Waals surface area contributed by atoms with Crippen molar-refractivity contribution >= 4 is 43.5 Å². The molecule has 25 heavy (non-hydrogen) atoms. The Kier molecular flexibility index (Phi) is 7.78. The predicted molar refractivity (Wildman–Crippen MR) is 108 cm³/mol. The van der Waals surface area contributed by atoms with Crippen LogP contribution in [0.4, 0.5) is 5.69 Å². The molecule has 0 aliphatic carbocycles. The normalized spacial score (nSPS) is 10.4. The summed E-state index contributed by atoms with van der Waals surface area (Å²) in [6.07, 6.45) is 2.13. The second kappa shape index (κ2) is 9.82. The van der Waals surface area contributed by atoms with Crippen LogP contribution in [0, 0.1) is 6.92 Å². The molecular weight excluding hydrogens is 450 g/mol. The number of amides is 1. The fraction of sp³-hybridized carbons (Fsp3) is 0.316. The topological polar surface area (TPSA) is 47.6 Å². The molecule has 2 rings (SSSR count). The molecule has 1 amide bonds. The first kappa shape index (κ1) is 19.8. The average Bonchev–Trinajstić information content (AvgIpc) is 2.55. The van der Waals surface area contributed by atoms with Gasteiger partial charge in [-0.2, -0.15) is 0 Å². The molecule has 6 heteroatoms. The van der Waals surface area contributed by atoms with Crippen molar-refractivity contribution in [1.29, 1.82) is 0 Å². The zero-order chi connectivity index (χ0) is 18.2. The van der Waals surface area contributed by atoms with Crippen LogP contribution in [0.1, 0.15) is 25.3 Å². The van der Waals surface area contributed by atoms with E-state index in [9.17, 15) is 4.79 Å². The number of aryl methyl sites for hydroxylation is 1. The van der Waals surface area contributed by atoms with Crippen molar-refractivity contribution in [3.8, 4) is 11.5 Å². The lowest BCUT2D eigenvalue weighted by molar-refractivity contribution is -0.118. The summed E-state index contributed by atoms with van der Waals surface area (Å²) in [5, 5.41) is 2.81. The molecule has 0 unspecified atom stereocenters. The van der Waals surface area contributed by atoms with E-state index in [1.54, 1.807) is 0 Å². The van der Waals surface area contributed by atoms with Crippen molar-refractivity contribution in [3.63, 3.8) is 0 Å². The van der Waals surface area contributed by atoms with Gasteiger partial charge in [-0.3, -0.25) is 4.79 Å². The van der Waals surface area contributed by atoms with Gasteiger partial charge in [0.1, 0.15) is 11.5 Å². The quantitative estimate of drug-likeness (QED) is 0.502. The molecule has 0 saturated heterocycles. The Hall–Kier alpha value is -1.53. The second-order valence-corrected chi connectivity index (χ2v) is 7.37. The average molecular weight is 471 g/mol. The first-order valence-corrected chi connectivity index (χ1v) is 9.69. The number of benzene rings is 2. The van der Waals surface area contributed by atoms with Gasteiger partial charge in [0, 0.05) is 10.2 Å². The summed E-state index contributed by atoms with van der Waals surface area (Å²) in [6, 6.07) is 11.2. The van der Waals surface area contributed by atoms with E-state index in [4.69, 9.17) is 9.47 Å². The molecule has 0 atom stereocenters. The van der Waals surface area contributed by atoms with Crippen molar-refractivity contribution in [2.45, 2.75) is 26.7 Å². The van der Waals surface area contributed by atoms with Crippen molar-refractivity contribution < 1.29 is 14.3 Å². The second-order valence-electron chi connectivity index (χ2n) is 5.60. The molecule has 2 aromatic rings. The van der Waals surface area contributed by atoms with Gasteiger partial charge in [0.05, 0.1) is 11.1 Å². The highest BCUT2D eigenvalue weighted by molar-refractivity contribution is 9.11. The third-order valence-electron chi connectivity index (χ3n) is 3.45. The summed E-state index contributed by atoms with van der Waals surface area (Å²) < 4.78 is 13.0. The molecule has 1 N–H and O–H groups in total. The smallest absolute Gasteiger partial charge is 0.262 e. The van der Waals surface area contributed by atoms with Crippen LogP contribution in [0.2, 0.25) is 0 Å². The number of carbonyl (C=O) groups excluding carboxylic acids is 1. The van der Waals surface area contributed by atoms with Crippen molar-refractivity contribution in [2.24, 2.45) is 0 Å². The van der Waals surface area contributed by atoms with Gasteiger partial charge in [-0.05, 0) is 71.2 Å². The molecule has 0 spiro atoms. The monoisotopic (exact) mass is 469 g/mol. The Morgan fingerprint density at radius 2 is 1.84 bits per heavy atom. The van der Waals surface area contributed by atoms with Crippen LogP contribution < -0.4 is 14.8 Å². The van der Waals surface area contributed by atoms with E-state index < -0.39 is 0 Å². The number of hydrogen-bond acceptors (Lipinski definition) is 3. The van der Waals surface area contributed by atoms with E-state index >= 15 is 0 Å². The molecule has 4 nitrogen and oxygen atoms in total. The summed E-state index contributed by atoms with van der Waals surface area (Å²) in [4.78, 5) is 12.1. The minimum atomic E-state index is -0.214. The Morgan fingerprint density at radius 3 is 2.48 bits per heavy atom. The molecule has 0 heterocycles. The molecule has 134 valence electrons. The van der Waals surface area contributed by atoms with Crippen LogP contribution >= 0.6 is 31.9 Å². The molecule has 0 saturated carbocycles. The van der Waals surface area contributed by atoms with Gasteiger partial charge in [0.2, 0.25) is 0 Å². The molecular formula is C19H21Br2NO3. The fourth-order valence-electron chi connectivity index (χ4n) is 2.18. The fourth-order valence-corrected chi connectivity index (χ4v) is 3.73. The number of nitrogens with one attached hydrogen (secondary N) is 1. The van der Waals surface area contributed by atoms with E-state index in [0.29, 0.717) is 18.0 Å². The first-order chi connectivity index (χ1) is 12.0. The minimum absolute atomic E-state index is 0.0597. The maximum absolute atomic E-state index is 12.1. The number of anilines is 1. The number of halogens is 2. The largest absolute Gasteiger partial charge is 0.494 e. The van der Waals surface area contributed by atoms with Crippen LogP contribution in [0.25, 0.3) is 0 Å². The molecule has 0 aromatic heterocycles. The molecule has 2 aromatic carbocycles. The number of ether oxygens (including phenoxy) is 2. The highest BCUT2D eigenvalue weighted by Crippen LogP contribution is 2.32. The lowest BCUT2D eigenvalue weighted by Gasteiger charge is -2.12. The van der Waals surface area contributed by atoms with Crippen LogP contribution in [-0.4, -0.2) is 19.1 Å². The van der Waals surface area contributed by atoms with E-state index in [-0.39, 0.29) is 12.5 Å². The van der Waals surface area contributed by atoms with Crippen LogP contribution in [0.5, 0.6) is 11.5 Å². The SMILES string of the molecule is CCCCOc1ccc(NC(=O)COc2c(C)cc(Br)cc2Br)cc1. The lowest BCUT2D eigenvalue weighted by Crippen LogP contribution is -2.20. The number of hydrogen-bond donors (Lipinski definition) is 1. The van der Waals surface area contributed by atoms with Gasteiger partial charge in [0.15, 0.2) is 6.61 Å². The Morgan fingerprint density at radius 1 is 1.12 bits per heavy atom. The molecule has 0 fully saturated rings.